The third-order valence-corrected chi connectivity index (χ3v) is 4.28. The third-order valence-electron chi connectivity index (χ3n) is 4.28. The van der Waals surface area contributed by atoms with Crippen molar-refractivity contribution in [1.29, 1.82) is 0 Å². The van der Waals surface area contributed by atoms with E-state index in [0.29, 0.717) is 23.7 Å². The van der Waals surface area contributed by atoms with Gasteiger partial charge in [0.2, 0.25) is 5.91 Å². The van der Waals surface area contributed by atoms with Gasteiger partial charge in [0.05, 0.1) is 18.0 Å². The minimum atomic E-state index is -0.348. The molecule has 6 nitrogen and oxygen atoms in total. The number of anilines is 1. The maximum absolute atomic E-state index is 12.5. The Morgan fingerprint density at radius 3 is 2.64 bits per heavy atom. The number of aryl methyl sites for hydroxylation is 2. The molecule has 0 aliphatic carbocycles. The van der Waals surface area contributed by atoms with Crippen LogP contribution in [0.4, 0.5) is 5.69 Å². The summed E-state index contributed by atoms with van der Waals surface area (Å²) in [6.07, 6.45) is 0. The Morgan fingerprint density at radius 2 is 1.89 bits per heavy atom. The number of nitrogens with zero attached hydrogens (tertiary/aromatic N) is 2. The van der Waals surface area contributed by atoms with E-state index in [9.17, 15) is 9.59 Å². The van der Waals surface area contributed by atoms with Gasteiger partial charge in [-0.1, -0.05) is 35.9 Å². The molecule has 0 saturated carbocycles. The lowest BCUT2D eigenvalue weighted by atomic mass is 10.0. The molecule has 0 saturated heterocycles. The van der Waals surface area contributed by atoms with Crippen LogP contribution in [0, 0.1) is 13.8 Å². The highest BCUT2D eigenvalue weighted by Crippen LogP contribution is 2.24. The molecule has 28 heavy (non-hydrogen) atoms. The topological polar surface area (TPSA) is 73.2 Å². The van der Waals surface area contributed by atoms with Crippen LogP contribution >= 0.6 is 0 Å². The number of aromatic nitrogens is 2. The van der Waals surface area contributed by atoms with Crippen LogP contribution in [0.15, 0.2) is 59.4 Å². The van der Waals surface area contributed by atoms with E-state index in [0.717, 1.165) is 16.7 Å². The number of hydrogen-bond donors (Lipinski definition) is 1. The fourth-order valence-electron chi connectivity index (χ4n) is 2.98. The van der Waals surface area contributed by atoms with Crippen molar-refractivity contribution in [2.45, 2.75) is 27.3 Å². The van der Waals surface area contributed by atoms with Crippen molar-refractivity contribution in [3.8, 4) is 17.0 Å². The molecule has 0 atom stereocenters. The highest BCUT2D eigenvalue weighted by molar-refractivity contribution is 5.92. The second-order valence-electron chi connectivity index (χ2n) is 6.51. The van der Waals surface area contributed by atoms with Crippen LogP contribution in [-0.2, 0) is 11.3 Å². The second kappa shape index (κ2) is 8.52. The van der Waals surface area contributed by atoms with E-state index >= 15 is 0 Å². The summed E-state index contributed by atoms with van der Waals surface area (Å²) in [7, 11) is 0. The van der Waals surface area contributed by atoms with Gasteiger partial charge in [-0.25, -0.2) is 4.68 Å². The summed E-state index contributed by atoms with van der Waals surface area (Å²) in [5, 5.41) is 7.17. The third kappa shape index (κ3) is 4.46. The molecule has 1 amide bonds. The van der Waals surface area contributed by atoms with Crippen molar-refractivity contribution in [3.63, 3.8) is 0 Å². The summed E-state index contributed by atoms with van der Waals surface area (Å²) in [6.45, 7) is 6.21. The van der Waals surface area contributed by atoms with E-state index in [2.05, 4.69) is 16.5 Å². The highest BCUT2D eigenvalue weighted by Gasteiger charge is 2.11. The fourth-order valence-corrected chi connectivity index (χ4v) is 2.98. The molecule has 3 rings (SSSR count). The summed E-state index contributed by atoms with van der Waals surface area (Å²) < 4.78 is 6.69. The van der Waals surface area contributed by atoms with Gasteiger partial charge in [-0.2, -0.15) is 5.10 Å². The average molecular weight is 377 g/mol. The molecule has 1 heterocycles. The predicted octanol–water partition coefficient (Wildman–Crippen LogP) is 3.56. The molecule has 1 N–H and O–H groups in total. The molecule has 6 heteroatoms. The number of carbonyl (C=O) groups is 1. The number of ether oxygens (including phenoxy) is 1. The molecule has 0 unspecified atom stereocenters. The van der Waals surface area contributed by atoms with Crippen LogP contribution < -0.4 is 15.6 Å². The van der Waals surface area contributed by atoms with Crippen molar-refractivity contribution in [3.05, 3.63) is 76.1 Å². The van der Waals surface area contributed by atoms with Crippen LogP contribution in [-0.4, -0.2) is 22.3 Å². The monoisotopic (exact) mass is 377 g/mol. The van der Waals surface area contributed by atoms with Crippen LogP contribution in [0.2, 0.25) is 0 Å². The van der Waals surface area contributed by atoms with Crippen molar-refractivity contribution in [1.82, 2.24) is 9.78 Å². The summed E-state index contributed by atoms with van der Waals surface area (Å²) in [4.78, 5) is 24.7. The average Bonchev–Trinajstić information content (AvgIpc) is 2.65. The van der Waals surface area contributed by atoms with Gasteiger partial charge in [-0.15, -0.1) is 0 Å². The summed E-state index contributed by atoms with van der Waals surface area (Å²) >= 11 is 0. The Labute approximate surface area is 163 Å². The molecule has 2 aromatic carbocycles. The molecule has 0 spiro atoms. The lowest BCUT2D eigenvalue weighted by Crippen LogP contribution is -2.29. The first-order valence-corrected chi connectivity index (χ1v) is 9.15. The molecular weight excluding hydrogens is 354 g/mol. The molecular formula is C22H23N3O3. The van der Waals surface area contributed by atoms with Crippen molar-refractivity contribution in [2.75, 3.05) is 11.9 Å². The van der Waals surface area contributed by atoms with E-state index in [-0.39, 0.29) is 18.0 Å². The molecule has 0 aliphatic rings. The lowest BCUT2D eigenvalue weighted by molar-refractivity contribution is -0.117. The van der Waals surface area contributed by atoms with Gasteiger partial charge in [-0.05, 0) is 44.5 Å². The summed E-state index contributed by atoms with van der Waals surface area (Å²) in [5.74, 6) is 0.238. The van der Waals surface area contributed by atoms with Crippen LogP contribution in [0.3, 0.4) is 0 Å². The number of hydrogen-bond acceptors (Lipinski definition) is 4. The van der Waals surface area contributed by atoms with E-state index < -0.39 is 0 Å². The van der Waals surface area contributed by atoms with Gasteiger partial charge in [0, 0.05) is 11.6 Å². The Bertz CT molecular complexity index is 1060. The van der Waals surface area contributed by atoms with Crippen molar-refractivity contribution in [2.24, 2.45) is 0 Å². The summed E-state index contributed by atoms with van der Waals surface area (Å²) in [6, 6.07) is 16.3. The first-order valence-electron chi connectivity index (χ1n) is 9.15. The molecule has 0 aliphatic heterocycles. The fraction of sp³-hybridized carbons (Fsp3) is 0.227. The van der Waals surface area contributed by atoms with Gasteiger partial charge in [0.15, 0.2) is 0 Å². The molecule has 1 aromatic heterocycles. The van der Waals surface area contributed by atoms with Gasteiger partial charge in [0.1, 0.15) is 12.3 Å². The largest absolute Gasteiger partial charge is 0.492 e. The zero-order valence-electron chi connectivity index (χ0n) is 16.2. The smallest absolute Gasteiger partial charge is 0.267 e. The lowest BCUT2D eigenvalue weighted by Gasteiger charge is -2.12. The predicted molar refractivity (Wildman–Crippen MR) is 110 cm³/mol. The number of para-hydroxylation sites is 2. The zero-order chi connectivity index (χ0) is 20.1. The minimum absolute atomic E-state index is 0.182. The summed E-state index contributed by atoms with van der Waals surface area (Å²) in [5.41, 5.74) is 4.03. The first-order chi connectivity index (χ1) is 13.5. The Hall–Kier alpha value is -3.41. The number of rotatable bonds is 6. The minimum Gasteiger partial charge on any atom is -0.492 e. The van der Waals surface area contributed by atoms with Crippen molar-refractivity contribution < 1.29 is 9.53 Å². The maximum Gasteiger partial charge on any atom is 0.267 e. The molecule has 0 bridgehead atoms. The van der Waals surface area contributed by atoms with Gasteiger partial charge in [0.25, 0.3) is 5.56 Å². The van der Waals surface area contributed by atoms with Gasteiger partial charge in [-0.3, -0.25) is 9.59 Å². The number of amides is 1. The molecule has 0 radical (unpaired) electrons. The quantitative estimate of drug-likeness (QED) is 0.713. The first kappa shape index (κ1) is 19.4. The van der Waals surface area contributed by atoms with E-state index in [4.69, 9.17) is 4.74 Å². The standard InChI is InChI=1S/C22H23N3O3/c1-4-28-20-8-6-5-7-19(20)23-21(26)14-25-22(27)12-11-18(24-25)17-10-9-15(2)13-16(17)3/h5-13H,4,14H2,1-3H3,(H,23,26). The SMILES string of the molecule is CCOc1ccccc1NC(=O)Cn1nc(-c2ccc(C)cc2C)ccc1=O. The Kier molecular flexibility index (Phi) is 5.89. The molecule has 144 valence electrons. The van der Waals surface area contributed by atoms with E-state index in [1.165, 1.54) is 10.7 Å². The van der Waals surface area contributed by atoms with E-state index in [1.54, 1.807) is 18.2 Å². The van der Waals surface area contributed by atoms with Crippen LogP contribution in [0.1, 0.15) is 18.1 Å². The van der Waals surface area contributed by atoms with Gasteiger partial charge >= 0.3 is 0 Å². The van der Waals surface area contributed by atoms with Gasteiger partial charge < -0.3 is 10.1 Å². The molecule has 0 fully saturated rings. The maximum atomic E-state index is 12.5. The van der Waals surface area contributed by atoms with E-state index in [1.807, 2.05) is 45.0 Å². The number of carbonyl (C=O) groups excluding carboxylic acids is 1. The Balaban J connectivity index is 1.83. The molecule has 3 aromatic rings. The normalized spacial score (nSPS) is 10.5. The number of nitrogens with one attached hydrogen (secondary N) is 1. The zero-order valence-corrected chi connectivity index (χ0v) is 16.2. The van der Waals surface area contributed by atoms with Crippen LogP contribution in [0.5, 0.6) is 5.75 Å². The highest BCUT2D eigenvalue weighted by atomic mass is 16.5. The Morgan fingerprint density at radius 1 is 1.11 bits per heavy atom. The van der Waals surface area contributed by atoms with Crippen LogP contribution in [0.25, 0.3) is 11.3 Å². The second-order valence-corrected chi connectivity index (χ2v) is 6.51. The van der Waals surface area contributed by atoms with Crippen molar-refractivity contribution >= 4 is 11.6 Å². The number of benzene rings is 2.